The van der Waals surface area contributed by atoms with Crippen LogP contribution >= 0.6 is 38.9 Å². The SMILES string of the molecule is CC(C)C(N)c1ccc(-c2ccc(Cl)cc2Br)s1. The van der Waals surface area contributed by atoms with Crippen molar-refractivity contribution in [2.75, 3.05) is 0 Å². The molecule has 4 heteroatoms. The Bertz CT molecular complexity index is 550. The number of benzene rings is 1. The molecule has 0 fully saturated rings. The van der Waals surface area contributed by atoms with E-state index >= 15 is 0 Å². The Labute approximate surface area is 125 Å². The average Bonchev–Trinajstić information content (AvgIpc) is 2.77. The van der Waals surface area contributed by atoms with Gasteiger partial charge >= 0.3 is 0 Å². The van der Waals surface area contributed by atoms with E-state index in [-0.39, 0.29) is 6.04 Å². The van der Waals surface area contributed by atoms with E-state index in [9.17, 15) is 0 Å². The molecule has 2 rings (SSSR count). The third kappa shape index (κ3) is 2.97. The van der Waals surface area contributed by atoms with Crippen LogP contribution < -0.4 is 5.73 Å². The molecule has 0 aliphatic rings. The first-order valence-electron chi connectivity index (χ1n) is 5.79. The van der Waals surface area contributed by atoms with Gasteiger partial charge in [0.25, 0.3) is 0 Å². The van der Waals surface area contributed by atoms with Crippen molar-refractivity contribution in [1.29, 1.82) is 0 Å². The summed E-state index contributed by atoms with van der Waals surface area (Å²) in [6.45, 7) is 4.28. The second kappa shape index (κ2) is 5.74. The number of rotatable bonds is 3. The van der Waals surface area contributed by atoms with E-state index in [2.05, 4.69) is 41.9 Å². The summed E-state index contributed by atoms with van der Waals surface area (Å²) in [4.78, 5) is 2.44. The summed E-state index contributed by atoms with van der Waals surface area (Å²) >= 11 is 11.2. The predicted octanol–water partition coefficient (Wildman–Crippen LogP) is 5.49. The molecule has 1 heterocycles. The molecule has 1 nitrogen and oxygen atoms in total. The molecule has 0 saturated carbocycles. The van der Waals surface area contributed by atoms with Crippen LogP contribution in [-0.2, 0) is 0 Å². The number of hydrogen-bond acceptors (Lipinski definition) is 2. The molecule has 0 saturated heterocycles. The van der Waals surface area contributed by atoms with Gasteiger partial charge in [-0.25, -0.2) is 0 Å². The minimum Gasteiger partial charge on any atom is -0.323 e. The lowest BCUT2D eigenvalue weighted by atomic mass is 10.0. The third-order valence-corrected chi connectivity index (χ3v) is 4.98. The van der Waals surface area contributed by atoms with Crippen molar-refractivity contribution in [3.8, 4) is 10.4 Å². The maximum absolute atomic E-state index is 6.17. The summed E-state index contributed by atoms with van der Waals surface area (Å²) < 4.78 is 1.02. The minimum absolute atomic E-state index is 0.106. The van der Waals surface area contributed by atoms with E-state index in [1.165, 1.54) is 9.75 Å². The van der Waals surface area contributed by atoms with E-state index in [1.807, 2.05) is 18.2 Å². The molecule has 2 N–H and O–H groups in total. The van der Waals surface area contributed by atoms with Crippen LogP contribution in [0.5, 0.6) is 0 Å². The smallest absolute Gasteiger partial charge is 0.0417 e. The van der Waals surface area contributed by atoms with Crippen molar-refractivity contribution < 1.29 is 0 Å². The first-order valence-corrected chi connectivity index (χ1v) is 7.78. The first kappa shape index (κ1) is 14.1. The highest BCUT2D eigenvalue weighted by atomic mass is 79.9. The van der Waals surface area contributed by atoms with Crippen molar-refractivity contribution in [1.82, 2.24) is 0 Å². The van der Waals surface area contributed by atoms with Gasteiger partial charge in [-0.05, 0) is 30.2 Å². The standard InChI is InChI=1S/C14H15BrClNS/c1-8(2)14(17)13-6-5-12(18-13)10-4-3-9(16)7-11(10)15/h3-8,14H,17H2,1-2H3. The van der Waals surface area contributed by atoms with Gasteiger partial charge in [0.1, 0.15) is 0 Å². The fraction of sp³-hybridized carbons (Fsp3) is 0.286. The molecule has 1 atom stereocenters. The summed E-state index contributed by atoms with van der Waals surface area (Å²) in [5.41, 5.74) is 7.33. The minimum atomic E-state index is 0.106. The summed E-state index contributed by atoms with van der Waals surface area (Å²) in [6, 6.07) is 10.2. The van der Waals surface area contributed by atoms with Gasteiger partial charge < -0.3 is 5.73 Å². The molecule has 0 radical (unpaired) electrons. The molecule has 0 spiro atoms. The fourth-order valence-electron chi connectivity index (χ4n) is 1.69. The molecular weight excluding hydrogens is 330 g/mol. The highest BCUT2D eigenvalue weighted by Crippen LogP contribution is 2.37. The lowest BCUT2D eigenvalue weighted by Crippen LogP contribution is -2.14. The van der Waals surface area contributed by atoms with Gasteiger partial charge in [-0.2, -0.15) is 0 Å². The summed E-state index contributed by atoms with van der Waals surface area (Å²) in [5.74, 6) is 0.449. The van der Waals surface area contributed by atoms with Crippen LogP contribution in [0.3, 0.4) is 0 Å². The Balaban J connectivity index is 2.35. The molecule has 0 aliphatic carbocycles. The Kier molecular flexibility index (Phi) is 4.49. The molecular formula is C14H15BrClNS. The zero-order chi connectivity index (χ0) is 13.3. The van der Waals surface area contributed by atoms with Crippen LogP contribution in [0, 0.1) is 5.92 Å². The molecule has 1 aromatic heterocycles. The Hall–Kier alpha value is -0.350. The monoisotopic (exact) mass is 343 g/mol. The number of thiophene rings is 1. The van der Waals surface area contributed by atoms with Gasteiger partial charge in [0.2, 0.25) is 0 Å². The predicted molar refractivity (Wildman–Crippen MR) is 84.2 cm³/mol. The average molecular weight is 345 g/mol. The molecule has 0 bridgehead atoms. The lowest BCUT2D eigenvalue weighted by Gasteiger charge is -2.13. The van der Waals surface area contributed by atoms with Crippen LogP contribution in [0.25, 0.3) is 10.4 Å². The van der Waals surface area contributed by atoms with Crippen LogP contribution in [0.2, 0.25) is 5.02 Å². The summed E-state index contributed by atoms with van der Waals surface area (Å²) in [6.07, 6.45) is 0. The normalized spacial score (nSPS) is 13.0. The van der Waals surface area contributed by atoms with E-state index in [0.717, 1.165) is 15.1 Å². The largest absolute Gasteiger partial charge is 0.323 e. The molecule has 1 unspecified atom stereocenters. The van der Waals surface area contributed by atoms with Crippen LogP contribution in [-0.4, -0.2) is 0 Å². The quantitative estimate of drug-likeness (QED) is 0.783. The van der Waals surface area contributed by atoms with Crippen molar-refractivity contribution in [2.24, 2.45) is 11.7 Å². The Morgan fingerprint density at radius 1 is 1.22 bits per heavy atom. The Morgan fingerprint density at radius 2 is 1.94 bits per heavy atom. The van der Waals surface area contributed by atoms with E-state index in [4.69, 9.17) is 17.3 Å². The second-order valence-electron chi connectivity index (χ2n) is 4.60. The lowest BCUT2D eigenvalue weighted by molar-refractivity contribution is 0.521. The fourth-order valence-corrected chi connectivity index (χ4v) is 3.94. The molecule has 0 aliphatic heterocycles. The van der Waals surface area contributed by atoms with Gasteiger partial charge in [-0.3, -0.25) is 0 Å². The molecule has 96 valence electrons. The maximum atomic E-state index is 6.17. The van der Waals surface area contributed by atoms with Crippen molar-refractivity contribution >= 4 is 38.9 Å². The van der Waals surface area contributed by atoms with Gasteiger partial charge in [-0.1, -0.05) is 47.4 Å². The topological polar surface area (TPSA) is 26.0 Å². The maximum Gasteiger partial charge on any atom is 0.0417 e. The number of hydrogen-bond donors (Lipinski definition) is 1. The van der Waals surface area contributed by atoms with E-state index in [0.29, 0.717) is 5.92 Å². The number of halogens is 2. The van der Waals surface area contributed by atoms with Crippen LogP contribution in [0.15, 0.2) is 34.8 Å². The van der Waals surface area contributed by atoms with E-state index < -0.39 is 0 Å². The van der Waals surface area contributed by atoms with Crippen LogP contribution in [0.4, 0.5) is 0 Å². The second-order valence-corrected chi connectivity index (χ2v) is 7.00. The van der Waals surface area contributed by atoms with E-state index in [1.54, 1.807) is 11.3 Å². The summed E-state index contributed by atoms with van der Waals surface area (Å²) in [7, 11) is 0. The Morgan fingerprint density at radius 3 is 2.56 bits per heavy atom. The van der Waals surface area contributed by atoms with Gasteiger partial charge in [0.15, 0.2) is 0 Å². The highest BCUT2D eigenvalue weighted by Gasteiger charge is 2.14. The third-order valence-electron chi connectivity index (χ3n) is 2.87. The molecule has 1 aromatic carbocycles. The summed E-state index contributed by atoms with van der Waals surface area (Å²) in [5, 5.41) is 0.737. The van der Waals surface area contributed by atoms with Gasteiger partial charge in [-0.15, -0.1) is 11.3 Å². The van der Waals surface area contributed by atoms with Gasteiger partial charge in [0, 0.05) is 30.9 Å². The molecule has 0 amide bonds. The van der Waals surface area contributed by atoms with Crippen molar-refractivity contribution in [3.05, 3.63) is 44.7 Å². The molecule has 18 heavy (non-hydrogen) atoms. The highest BCUT2D eigenvalue weighted by molar-refractivity contribution is 9.10. The zero-order valence-electron chi connectivity index (χ0n) is 10.3. The zero-order valence-corrected chi connectivity index (χ0v) is 13.4. The van der Waals surface area contributed by atoms with Crippen molar-refractivity contribution in [3.63, 3.8) is 0 Å². The first-order chi connectivity index (χ1) is 8.49. The van der Waals surface area contributed by atoms with Gasteiger partial charge in [0.05, 0.1) is 0 Å². The van der Waals surface area contributed by atoms with Crippen LogP contribution in [0.1, 0.15) is 24.8 Å². The molecule has 2 aromatic rings. The van der Waals surface area contributed by atoms with Crippen molar-refractivity contribution in [2.45, 2.75) is 19.9 Å². The number of nitrogens with two attached hydrogens (primary N) is 1.